The number of aromatic nitrogens is 5. The predicted molar refractivity (Wildman–Crippen MR) is 78.7 cm³/mol. The summed E-state index contributed by atoms with van der Waals surface area (Å²) in [5, 5.41) is 8.76. The lowest BCUT2D eigenvalue weighted by molar-refractivity contribution is 0.414. The van der Waals surface area contributed by atoms with Gasteiger partial charge in [-0.3, -0.25) is 4.68 Å². The second-order valence-electron chi connectivity index (χ2n) is 4.87. The lowest BCUT2D eigenvalue weighted by atomic mass is 10.3. The number of nitrogens with zero attached hydrogens (tertiary/aromatic N) is 5. The molecule has 1 aromatic carbocycles. The van der Waals surface area contributed by atoms with Crippen LogP contribution in [0, 0.1) is 13.8 Å². The summed E-state index contributed by atoms with van der Waals surface area (Å²) in [7, 11) is 1.65. The van der Waals surface area contributed by atoms with E-state index >= 15 is 0 Å². The lowest BCUT2D eigenvalue weighted by Crippen LogP contribution is -2.10. The van der Waals surface area contributed by atoms with E-state index in [9.17, 15) is 0 Å². The number of hydrogen-bond donors (Lipinski definition) is 0. The van der Waals surface area contributed by atoms with Crippen LogP contribution in [0.15, 0.2) is 36.7 Å². The van der Waals surface area contributed by atoms with Gasteiger partial charge in [0.1, 0.15) is 18.6 Å². The van der Waals surface area contributed by atoms with Gasteiger partial charge in [-0.15, -0.1) is 0 Å². The fourth-order valence-electron chi connectivity index (χ4n) is 2.28. The highest BCUT2D eigenvalue weighted by Crippen LogP contribution is 2.16. The molecule has 0 bridgehead atoms. The van der Waals surface area contributed by atoms with Crippen LogP contribution in [0.3, 0.4) is 0 Å². The van der Waals surface area contributed by atoms with Crippen molar-refractivity contribution < 1.29 is 4.74 Å². The Bertz CT molecular complexity index is 742. The van der Waals surface area contributed by atoms with Crippen molar-refractivity contribution in [2.75, 3.05) is 7.11 Å². The van der Waals surface area contributed by atoms with Gasteiger partial charge in [-0.05, 0) is 44.2 Å². The predicted octanol–water partition coefficient (Wildman–Crippen LogP) is 2.14. The maximum atomic E-state index is 5.17. The normalized spacial score (nSPS) is 10.8. The van der Waals surface area contributed by atoms with Gasteiger partial charge in [0.05, 0.1) is 18.5 Å². The molecule has 0 fully saturated rings. The van der Waals surface area contributed by atoms with E-state index in [1.165, 1.54) is 0 Å². The van der Waals surface area contributed by atoms with Crippen molar-refractivity contribution in [3.8, 4) is 11.4 Å². The Kier molecular flexibility index (Phi) is 3.43. The molecule has 6 heteroatoms. The first-order valence-electron chi connectivity index (χ1n) is 6.72. The van der Waals surface area contributed by atoms with Gasteiger partial charge >= 0.3 is 0 Å². The number of aryl methyl sites for hydroxylation is 2. The monoisotopic (exact) mass is 283 g/mol. The largest absolute Gasteiger partial charge is 0.497 e. The maximum absolute atomic E-state index is 5.17. The molecule has 6 nitrogen and oxygen atoms in total. The highest BCUT2D eigenvalue weighted by atomic mass is 16.5. The van der Waals surface area contributed by atoms with Crippen LogP contribution in [-0.2, 0) is 6.54 Å². The molecule has 0 saturated heterocycles. The van der Waals surface area contributed by atoms with E-state index in [-0.39, 0.29) is 0 Å². The molecule has 3 rings (SSSR count). The molecule has 0 atom stereocenters. The second kappa shape index (κ2) is 5.40. The van der Waals surface area contributed by atoms with Crippen LogP contribution in [0.4, 0.5) is 0 Å². The molecule has 21 heavy (non-hydrogen) atoms. The van der Waals surface area contributed by atoms with E-state index in [0.29, 0.717) is 6.54 Å². The number of hydrogen-bond acceptors (Lipinski definition) is 4. The SMILES string of the molecule is COc1ccc(-n2ncnc2Cn2nc(C)cc2C)cc1. The third-order valence-corrected chi connectivity index (χ3v) is 3.33. The van der Waals surface area contributed by atoms with Crippen molar-refractivity contribution in [1.82, 2.24) is 24.5 Å². The van der Waals surface area contributed by atoms with Gasteiger partial charge in [0, 0.05) is 5.69 Å². The Hall–Kier alpha value is -2.63. The van der Waals surface area contributed by atoms with E-state index in [0.717, 1.165) is 28.6 Å². The van der Waals surface area contributed by atoms with Gasteiger partial charge in [-0.1, -0.05) is 0 Å². The third kappa shape index (κ3) is 2.65. The molecule has 0 N–H and O–H groups in total. The maximum Gasteiger partial charge on any atom is 0.153 e. The number of ether oxygens (including phenoxy) is 1. The van der Waals surface area contributed by atoms with Crippen molar-refractivity contribution in [1.29, 1.82) is 0 Å². The van der Waals surface area contributed by atoms with E-state index < -0.39 is 0 Å². The van der Waals surface area contributed by atoms with Crippen molar-refractivity contribution in [2.24, 2.45) is 0 Å². The second-order valence-corrected chi connectivity index (χ2v) is 4.87. The summed E-state index contributed by atoms with van der Waals surface area (Å²) in [5.41, 5.74) is 3.06. The molecule has 108 valence electrons. The minimum atomic E-state index is 0.589. The standard InChI is InChI=1S/C15H17N5O/c1-11-8-12(2)19(18-11)9-15-16-10-17-20(15)13-4-6-14(21-3)7-5-13/h4-8,10H,9H2,1-3H3. The van der Waals surface area contributed by atoms with E-state index in [4.69, 9.17) is 4.74 Å². The Morgan fingerprint density at radius 3 is 2.52 bits per heavy atom. The summed E-state index contributed by atoms with van der Waals surface area (Å²) in [5.74, 6) is 1.66. The summed E-state index contributed by atoms with van der Waals surface area (Å²) in [6, 6.07) is 9.78. The van der Waals surface area contributed by atoms with Gasteiger partial charge in [-0.25, -0.2) is 9.67 Å². The molecule has 0 amide bonds. The molecule has 0 spiro atoms. The minimum Gasteiger partial charge on any atom is -0.497 e. The minimum absolute atomic E-state index is 0.589. The highest BCUT2D eigenvalue weighted by Gasteiger charge is 2.10. The van der Waals surface area contributed by atoms with Crippen LogP contribution < -0.4 is 4.74 Å². The van der Waals surface area contributed by atoms with Crippen molar-refractivity contribution >= 4 is 0 Å². The van der Waals surface area contributed by atoms with E-state index in [1.54, 1.807) is 13.4 Å². The molecule has 0 aliphatic carbocycles. The van der Waals surface area contributed by atoms with Crippen LogP contribution in [0.5, 0.6) is 5.75 Å². The van der Waals surface area contributed by atoms with Gasteiger partial charge in [0.2, 0.25) is 0 Å². The molecule has 0 unspecified atom stereocenters. The Labute approximate surface area is 123 Å². The van der Waals surface area contributed by atoms with Crippen LogP contribution in [-0.4, -0.2) is 31.7 Å². The Balaban J connectivity index is 1.91. The lowest BCUT2D eigenvalue weighted by Gasteiger charge is -2.08. The third-order valence-electron chi connectivity index (χ3n) is 3.33. The molecule has 0 aliphatic rings. The summed E-state index contributed by atoms with van der Waals surface area (Å²) in [6.07, 6.45) is 1.56. The van der Waals surface area contributed by atoms with Crippen LogP contribution in [0.25, 0.3) is 5.69 Å². The zero-order chi connectivity index (χ0) is 14.8. The van der Waals surface area contributed by atoms with Gasteiger partial charge < -0.3 is 4.74 Å². The molecule has 2 aromatic heterocycles. The molecular weight excluding hydrogens is 266 g/mol. The van der Waals surface area contributed by atoms with Crippen molar-refractivity contribution in [3.63, 3.8) is 0 Å². The smallest absolute Gasteiger partial charge is 0.153 e. The van der Waals surface area contributed by atoms with Gasteiger partial charge in [0.25, 0.3) is 0 Å². The highest BCUT2D eigenvalue weighted by molar-refractivity contribution is 5.37. The number of methoxy groups -OCH3 is 1. The molecule has 0 saturated carbocycles. The van der Waals surface area contributed by atoms with Crippen LogP contribution in [0.2, 0.25) is 0 Å². The fourth-order valence-corrected chi connectivity index (χ4v) is 2.28. The Morgan fingerprint density at radius 1 is 1.14 bits per heavy atom. The topological polar surface area (TPSA) is 57.8 Å². The van der Waals surface area contributed by atoms with Gasteiger partial charge in [-0.2, -0.15) is 10.2 Å². The molecular formula is C15H17N5O. The molecule has 2 heterocycles. The van der Waals surface area contributed by atoms with E-state index in [2.05, 4.69) is 15.2 Å². The number of rotatable bonds is 4. The molecule has 3 aromatic rings. The summed E-state index contributed by atoms with van der Waals surface area (Å²) in [6.45, 7) is 4.61. The van der Waals surface area contributed by atoms with Crippen LogP contribution >= 0.6 is 0 Å². The summed E-state index contributed by atoms with van der Waals surface area (Å²) >= 11 is 0. The van der Waals surface area contributed by atoms with Gasteiger partial charge in [0.15, 0.2) is 5.82 Å². The first-order chi connectivity index (χ1) is 10.2. The van der Waals surface area contributed by atoms with Crippen molar-refractivity contribution in [2.45, 2.75) is 20.4 Å². The number of benzene rings is 1. The first kappa shape index (κ1) is 13.4. The zero-order valence-corrected chi connectivity index (χ0v) is 12.3. The summed E-state index contributed by atoms with van der Waals surface area (Å²) in [4.78, 5) is 4.34. The quantitative estimate of drug-likeness (QED) is 0.736. The van der Waals surface area contributed by atoms with Crippen molar-refractivity contribution in [3.05, 3.63) is 53.9 Å². The summed E-state index contributed by atoms with van der Waals surface area (Å²) < 4.78 is 8.92. The molecule has 0 aliphatic heterocycles. The zero-order valence-electron chi connectivity index (χ0n) is 12.3. The van der Waals surface area contributed by atoms with Crippen LogP contribution in [0.1, 0.15) is 17.2 Å². The fraction of sp³-hybridized carbons (Fsp3) is 0.267. The average Bonchev–Trinajstić information content (AvgIpc) is 3.06. The van der Waals surface area contributed by atoms with E-state index in [1.807, 2.05) is 53.5 Å². The molecule has 0 radical (unpaired) electrons. The average molecular weight is 283 g/mol. The first-order valence-corrected chi connectivity index (χ1v) is 6.72. The Morgan fingerprint density at radius 2 is 1.90 bits per heavy atom.